The van der Waals surface area contributed by atoms with E-state index in [9.17, 15) is 4.79 Å². The Hall–Kier alpha value is -1.56. The summed E-state index contributed by atoms with van der Waals surface area (Å²) < 4.78 is 0.984. The summed E-state index contributed by atoms with van der Waals surface area (Å²) in [4.78, 5) is 12.1. The minimum atomic E-state index is -0.996. The molecule has 0 aliphatic rings. The van der Waals surface area contributed by atoms with Crippen LogP contribution in [-0.4, -0.2) is 17.0 Å². The van der Waals surface area contributed by atoms with Gasteiger partial charge in [0.2, 0.25) is 5.91 Å². The van der Waals surface area contributed by atoms with E-state index >= 15 is 0 Å². The van der Waals surface area contributed by atoms with Gasteiger partial charge in [0.25, 0.3) is 0 Å². The molecule has 1 unspecified atom stereocenters. The van der Waals surface area contributed by atoms with Gasteiger partial charge in [-0.25, -0.2) is 0 Å². The lowest BCUT2D eigenvalue weighted by Crippen LogP contribution is -2.47. The van der Waals surface area contributed by atoms with Gasteiger partial charge in [0.1, 0.15) is 5.41 Å². The lowest BCUT2D eigenvalue weighted by molar-refractivity contribution is -0.127. The molecule has 19 heavy (non-hydrogen) atoms. The molecule has 0 aliphatic heterocycles. The van der Waals surface area contributed by atoms with Crippen molar-refractivity contribution in [2.75, 3.05) is 0 Å². The summed E-state index contributed by atoms with van der Waals surface area (Å²) >= 11 is 3.35. The van der Waals surface area contributed by atoms with Gasteiger partial charge in [0.15, 0.2) is 5.84 Å². The van der Waals surface area contributed by atoms with Gasteiger partial charge < -0.3 is 16.3 Å². The van der Waals surface area contributed by atoms with Crippen LogP contribution >= 0.6 is 15.9 Å². The predicted octanol–water partition coefficient (Wildman–Crippen LogP) is 2.23. The third kappa shape index (κ3) is 3.70. The highest BCUT2D eigenvalue weighted by molar-refractivity contribution is 9.10. The molecule has 1 amide bonds. The van der Waals surface area contributed by atoms with Gasteiger partial charge in [-0.15, -0.1) is 0 Å². The Morgan fingerprint density at radius 3 is 2.53 bits per heavy atom. The molecular weight excluding hydrogens is 310 g/mol. The number of rotatable bonds is 5. The fraction of sp³-hybridized carbons (Fsp3) is 0.385. The zero-order chi connectivity index (χ0) is 14.5. The number of oxime groups is 1. The van der Waals surface area contributed by atoms with E-state index in [1.54, 1.807) is 6.92 Å². The second kappa shape index (κ2) is 6.56. The Balaban J connectivity index is 2.71. The van der Waals surface area contributed by atoms with Crippen molar-refractivity contribution in [1.82, 2.24) is 5.32 Å². The van der Waals surface area contributed by atoms with E-state index < -0.39 is 5.41 Å². The van der Waals surface area contributed by atoms with Gasteiger partial charge in [-0.05, 0) is 31.0 Å². The van der Waals surface area contributed by atoms with Gasteiger partial charge in [-0.2, -0.15) is 0 Å². The standard InChI is InChI=1S/C13H18BrN3O2/c1-3-13(2,11(15)17-19)12(18)16-8-9-4-6-10(14)7-5-9/h4-7,19H,3,8H2,1-2H3,(H2,15,17)(H,16,18). The van der Waals surface area contributed by atoms with Crippen LogP contribution < -0.4 is 11.1 Å². The Bertz CT molecular complexity index is 473. The second-order valence-corrected chi connectivity index (χ2v) is 5.40. The molecule has 0 radical (unpaired) electrons. The molecule has 0 saturated carbocycles. The highest BCUT2D eigenvalue weighted by Gasteiger charge is 2.36. The van der Waals surface area contributed by atoms with Crippen molar-refractivity contribution < 1.29 is 10.0 Å². The Labute approximate surface area is 121 Å². The maximum absolute atomic E-state index is 12.1. The van der Waals surface area contributed by atoms with Crippen molar-refractivity contribution in [3.63, 3.8) is 0 Å². The topological polar surface area (TPSA) is 87.7 Å². The zero-order valence-corrected chi connectivity index (χ0v) is 12.6. The molecule has 0 spiro atoms. The van der Waals surface area contributed by atoms with Crippen LogP contribution in [0.25, 0.3) is 0 Å². The van der Waals surface area contributed by atoms with Crippen LogP contribution in [0.5, 0.6) is 0 Å². The maximum atomic E-state index is 12.1. The van der Waals surface area contributed by atoms with E-state index in [4.69, 9.17) is 10.9 Å². The molecule has 0 saturated heterocycles. The first-order valence-corrected chi connectivity index (χ1v) is 6.74. The Morgan fingerprint density at radius 2 is 2.05 bits per heavy atom. The number of amides is 1. The van der Waals surface area contributed by atoms with Crippen molar-refractivity contribution in [2.45, 2.75) is 26.8 Å². The van der Waals surface area contributed by atoms with E-state index in [-0.39, 0.29) is 11.7 Å². The molecule has 0 fully saturated rings. The van der Waals surface area contributed by atoms with Crippen LogP contribution in [0.15, 0.2) is 33.9 Å². The van der Waals surface area contributed by atoms with Crippen LogP contribution in [0, 0.1) is 5.41 Å². The monoisotopic (exact) mass is 327 g/mol. The number of nitrogens with two attached hydrogens (primary N) is 1. The number of nitrogens with one attached hydrogen (secondary N) is 1. The molecule has 4 N–H and O–H groups in total. The lowest BCUT2D eigenvalue weighted by atomic mass is 9.85. The summed E-state index contributed by atoms with van der Waals surface area (Å²) in [7, 11) is 0. The number of amidine groups is 1. The lowest BCUT2D eigenvalue weighted by Gasteiger charge is -2.25. The molecule has 0 bridgehead atoms. The van der Waals surface area contributed by atoms with Crippen LogP contribution in [0.4, 0.5) is 0 Å². The summed E-state index contributed by atoms with van der Waals surface area (Å²) in [6, 6.07) is 7.64. The maximum Gasteiger partial charge on any atom is 0.233 e. The molecule has 5 nitrogen and oxygen atoms in total. The van der Waals surface area contributed by atoms with Crippen LogP contribution in [-0.2, 0) is 11.3 Å². The Kier molecular flexibility index (Phi) is 5.35. The third-order valence-corrected chi connectivity index (χ3v) is 3.78. The first-order valence-electron chi connectivity index (χ1n) is 5.94. The predicted molar refractivity (Wildman–Crippen MR) is 77.8 cm³/mol. The molecule has 6 heteroatoms. The minimum absolute atomic E-state index is 0.0803. The van der Waals surface area contributed by atoms with Gasteiger partial charge in [-0.1, -0.05) is 40.1 Å². The van der Waals surface area contributed by atoms with E-state index in [2.05, 4.69) is 26.4 Å². The number of hydrogen-bond acceptors (Lipinski definition) is 3. The highest BCUT2D eigenvalue weighted by atomic mass is 79.9. The second-order valence-electron chi connectivity index (χ2n) is 4.48. The zero-order valence-electron chi connectivity index (χ0n) is 11.0. The van der Waals surface area contributed by atoms with Gasteiger partial charge in [0.05, 0.1) is 0 Å². The summed E-state index contributed by atoms with van der Waals surface area (Å²) in [6.45, 7) is 3.87. The minimum Gasteiger partial charge on any atom is -0.409 e. The number of hydrogen-bond donors (Lipinski definition) is 3. The number of carbonyl (C=O) groups excluding carboxylic acids is 1. The fourth-order valence-electron chi connectivity index (χ4n) is 1.55. The summed E-state index contributed by atoms with van der Waals surface area (Å²) in [6.07, 6.45) is 0.453. The van der Waals surface area contributed by atoms with E-state index in [0.717, 1.165) is 10.0 Å². The van der Waals surface area contributed by atoms with Crippen LogP contribution in [0.3, 0.4) is 0 Å². The van der Waals surface area contributed by atoms with Gasteiger partial charge in [-0.3, -0.25) is 4.79 Å². The van der Waals surface area contributed by atoms with Crippen molar-refractivity contribution in [3.05, 3.63) is 34.3 Å². The molecule has 1 aromatic carbocycles. The summed E-state index contributed by atoms with van der Waals surface area (Å²) in [5.74, 6) is -0.337. The Morgan fingerprint density at radius 1 is 1.47 bits per heavy atom. The van der Waals surface area contributed by atoms with E-state index in [0.29, 0.717) is 13.0 Å². The molecule has 0 aromatic heterocycles. The van der Waals surface area contributed by atoms with Crippen LogP contribution in [0.1, 0.15) is 25.8 Å². The van der Waals surface area contributed by atoms with Crippen molar-refractivity contribution in [1.29, 1.82) is 0 Å². The summed E-state index contributed by atoms with van der Waals surface area (Å²) in [5.41, 5.74) is 5.57. The largest absolute Gasteiger partial charge is 0.409 e. The van der Waals surface area contributed by atoms with Crippen molar-refractivity contribution in [2.24, 2.45) is 16.3 Å². The third-order valence-electron chi connectivity index (χ3n) is 3.25. The molecule has 0 heterocycles. The molecule has 0 aliphatic carbocycles. The number of halogens is 1. The number of benzene rings is 1. The molecule has 104 valence electrons. The SMILES string of the molecule is CCC(C)(C(=O)NCc1ccc(Br)cc1)/C(N)=N/O. The molecule has 1 rings (SSSR count). The van der Waals surface area contributed by atoms with E-state index in [1.807, 2.05) is 31.2 Å². The smallest absolute Gasteiger partial charge is 0.233 e. The van der Waals surface area contributed by atoms with Crippen LogP contribution in [0.2, 0.25) is 0 Å². The quantitative estimate of drug-likeness (QED) is 0.335. The van der Waals surface area contributed by atoms with Gasteiger partial charge >= 0.3 is 0 Å². The normalized spacial score (nSPS) is 14.8. The molecular formula is C13H18BrN3O2. The van der Waals surface area contributed by atoms with E-state index in [1.165, 1.54) is 0 Å². The highest BCUT2D eigenvalue weighted by Crippen LogP contribution is 2.21. The van der Waals surface area contributed by atoms with Crippen molar-refractivity contribution in [3.8, 4) is 0 Å². The molecule has 1 aromatic rings. The average Bonchev–Trinajstić information content (AvgIpc) is 2.44. The fourth-order valence-corrected chi connectivity index (χ4v) is 1.81. The van der Waals surface area contributed by atoms with Gasteiger partial charge in [0, 0.05) is 11.0 Å². The average molecular weight is 328 g/mol. The summed E-state index contributed by atoms with van der Waals surface area (Å²) in [5, 5.41) is 14.5. The first-order chi connectivity index (χ1) is 8.93. The molecule has 1 atom stereocenters. The van der Waals surface area contributed by atoms with Crippen molar-refractivity contribution >= 4 is 27.7 Å². The first kappa shape index (κ1) is 15.5. The number of carbonyl (C=O) groups is 1. The number of nitrogens with zero attached hydrogens (tertiary/aromatic N) is 1.